The van der Waals surface area contributed by atoms with Crippen molar-refractivity contribution in [2.45, 2.75) is 39.7 Å². The van der Waals surface area contributed by atoms with Crippen molar-refractivity contribution in [1.82, 2.24) is 20.2 Å². The Bertz CT molecular complexity index is 857. The van der Waals surface area contributed by atoms with Crippen molar-refractivity contribution in [3.63, 3.8) is 0 Å². The lowest BCUT2D eigenvalue weighted by atomic mass is 10.3. The number of aryl methyl sites for hydroxylation is 2. The number of para-hydroxylation sites is 2. The minimum atomic E-state index is 0. The van der Waals surface area contributed by atoms with Gasteiger partial charge in [-0.25, -0.2) is 4.98 Å². The number of fused-ring (bicyclic) bond motifs is 1. The van der Waals surface area contributed by atoms with Gasteiger partial charge >= 0.3 is 0 Å². The van der Waals surface area contributed by atoms with E-state index in [2.05, 4.69) is 57.2 Å². The summed E-state index contributed by atoms with van der Waals surface area (Å²) in [7, 11) is 0. The van der Waals surface area contributed by atoms with Crippen LogP contribution in [0.15, 0.2) is 52.1 Å². The third-order valence-corrected chi connectivity index (χ3v) is 4.43. The van der Waals surface area contributed by atoms with E-state index in [4.69, 9.17) is 4.42 Å². The second-order valence-electron chi connectivity index (χ2n) is 6.57. The summed E-state index contributed by atoms with van der Waals surface area (Å²) in [5, 5.41) is 6.83. The second-order valence-corrected chi connectivity index (χ2v) is 6.57. The highest BCUT2D eigenvalue weighted by Gasteiger charge is 2.06. The largest absolute Gasteiger partial charge is 0.469 e. The topological polar surface area (TPSA) is 67.4 Å². The molecule has 0 unspecified atom stereocenters. The number of aliphatic imine (C=N–C) groups is 1. The van der Waals surface area contributed by atoms with Gasteiger partial charge in [-0.15, -0.1) is 24.0 Å². The summed E-state index contributed by atoms with van der Waals surface area (Å²) in [4.78, 5) is 9.24. The van der Waals surface area contributed by atoms with Gasteiger partial charge in [0, 0.05) is 32.6 Å². The smallest absolute Gasteiger partial charge is 0.191 e. The number of halogens is 1. The summed E-state index contributed by atoms with van der Waals surface area (Å²) in [6, 6.07) is 12.2. The van der Waals surface area contributed by atoms with E-state index in [1.165, 1.54) is 5.52 Å². The molecule has 2 N–H and O–H groups in total. The van der Waals surface area contributed by atoms with Crippen LogP contribution in [0.4, 0.5) is 0 Å². The summed E-state index contributed by atoms with van der Waals surface area (Å²) >= 11 is 0. The van der Waals surface area contributed by atoms with Gasteiger partial charge in [-0.3, -0.25) is 4.99 Å². The maximum Gasteiger partial charge on any atom is 0.191 e. The van der Waals surface area contributed by atoms with Crippen LogP contribution in [0.2, 0.25) is 0 Å². The number of imidazole rings is 1. The van der Waals surface area contributed by atoms with E-state index >= 15 is 0 Å². The lowest BCUT2D eigenvalue weighted by molar-refractivity contribution is 0.506. The van der Waals surface area contributed by atoms with Gasteiger partial charge in [-0.2, -0.15) is 0 Å². The van der Waals surface area contributed by atoms with Crippen LogP contribution in [0.5, 0.6) is 0 Å². The van der Waals surface area contributed by atoms with E-state index in [9.17, 15) is 0 Å². The SMILES string of the molecule is CCCN=C(NCCCn1c(C)nc2ccccc21)NCCc1ccco1.I. The number of nitrogens with one attached hydrogen (secondary N) is 2. The first-order valence-corrected chi connectivity index (χ1v) is 9.74. The van der Waals surface area contributed by atoms with Gasteiger partial charge in [-0.05, 0) is 44.0 Å². The second kappa shape index (κ2) is 11.7. The first-order chi connectivity index (χ1) is 13.3. The highest BCUT2D eigenvalue weighted by Crippen LogP contribution is 2.15. The molecule has 2 aromatic heterocycles. The Labute approximate surface area is 183 Å². The van der Waals surface area contributed by atoms with Gasteiger partial charge in [-0.1, -0.05) is 19.1 Å². The Morgan fingerprint density at radius 3 is 2.75 bits per heavy atom. The number of hydrogen-bond acceptors (Lipinski definition) is 3. The van der Waals surface area contributed by atoms with Crippen molar-refractivity contribution in [1.29, 1.82) is 0 Å². The quantitative estimate of drug-likeness (QED) is 0.203. The fourth-order valence-electron chi connectivity index (χ4n) is 3.08. The van der Waals surface area contributed by atoms with Gasteiger partial charge in [0.05, 0.1) is 17.3 Å². The van der Waals surface area contributed by atoms with Crippen LogP contribution in [-0.4, -0.2) is 35.1 Å². The average molecular weight is 495 g/mol. The van der Waals surface area contributed by atoms with Gasteiger partial charge < -0.3 is 19.6 Å². The van der Waals surface area contributed by atoms with Crippen LogP contribution in [0.3, 0.4) is 0 Å². The number of hydrogen-bond donors (Lipinski definition) is 2. The molecule has 1 aromatic carbocycles. The highest BCUT2D eigenvalue weighted by atomic mass is 127. The first-order valence-electron chi connectivity index (χ1n) is 9.74. The molecule has 0 amide bonds. The first kappa shape index (κ1) is 22.3. The Morgan fingerprint density at radius 2 is 1.96 bits per heavy atom. The van der Waals surface area contributed by atoms with Crippen LogP contribution in [0.1, 0.15) is 31.4 Å². The number of aromatic nitrogens is 2. The van der Waals surface area contributed by atoms with Crippen molar-refractivity contribution in [2.75, 3.05) is 19.6 Å². The third-order valence-electron chi connectivity index (χ3n) is 4.43. The van der Waals surface area contributed by atoms with E-state index in [1.807, 2.05) is 18.2 Å². The molecule has 0 atom stereocenters. The minimum Gasteiger partial charge on any atom is -0.469 e. The molecule has 3 aromatic rings. The van der Waals surface area contributed by atoms with E-state index in [-0.39, 0.29) is 24.0 Å². The summed E-state index contributed by atoms with van der Waals surface area (Å²) in [5.74, 6) is 2.92. The van der Waals surface area contributed by atoms with E-state index in [1.54, 1.807) is 6.26 Å². The number of furan rings is 1. The normalized spacial score (nSPS) is 11.4. The summed E-state index contributed by atoms with van der Waals surface area (Å²) < 4.78 is 7.66. The van der Waals surface area contributed by atoms with Crippen molar-refractivity contribution >= 4 is 41.0 Å². The van der Waals surface area contributed by atoms with E-state index in [0.29, 0.717) is 0 Å². The number of guanidine groups is 1. The maximum atomic E-state index is 5.37. The monoisotopic (exact) mass is 495 g/mol. The van der Waals surface area contributed by atoms with Crippen LogP contribution >= 0.6 is 24.0 Å². The zero-order valence-electron chi connectivity index (χ0n) is 16.6. The van der Waals surface area contributed by atoms with Crippen molar-refractivity contribution < 1.29 is 4.42 Å². The molecule has 0 fully saturated rings. The van der Waals surface area contributed by atoms with Crippen LogP contribution < -0.4 is 10.6 Å². The molecular weight excluding hydrogens is 465 g/mol. The molecule has 0 aliphatic rings. The van der Waals surface area contributed by atoms with Gasteiger partial charge in [0.15, 0.2) is 5.96 Å². The number of benzene rings is 1. The van der Waals surface area contributed by atoms with Crippen molar-refractivity contribution in [3.8, 4) is 0 Å². The fourth-order valence-corrected chi connectivity index (χ4v) is 3.08. The van der Waals surface area contributed by atoms with E-state index < -0.39 is 0 Å². The number of nitrogens with zero attached hydrogens (tertiary/aromatic N) is 3. The summed E-state index contributed by atoms with van der Waals surface area (Å²) in [6.45, 7) is 7.62. The van der Waals surface area contributed by atoms with Gasteiger partial charge in [0.25, 0.3) is 0 Å². The molecule has 28 heavy (non-hydrogen) atoms. The number of rotatable bonds is 9. The molecule has 0 saturated heterocycles. The lowest BCUT2D eigenvalue weighted by Gasteiger charge is -2.13. The van der Waals surface area contributed by atoms with Gasteiger partial charge in [0.2, 0.25) is 0 Å². The Hall–Kier alpha value is -2.03. The molecule has 0 spiro atoms. The standard InChI is InChI=1S/C21H29N5O.HI/c1-3-12-22-21(24-14-11-18-8-6-16-27-18)23-13-7-15-26-17(2)25-19-9-4-5-10-20(19)26;/h4-6,8-10,16H,3,7,11-15H2,1-2H3,(H2,22,23,24);1H. The zero-order chi connectivity index (χ0) is 18.9. The predicted octanol–water partition coefficient (Wildman–Crippen LogP) is 4.13. The predicted molar refractivity (Wildman–Crippen MR) is 126 cm³/mol. The minimum absolute atomic E-state index is 0. The third kappa shape index (κ3) is 6.25. The van der Waals surface area contributed by atoms with Crippen LogP contribution in [0.25, 0.3) is 11.0 Å². The Balaban J connectivity index is 0.00000280. The van der Waals surface area contributed by atoms with E-state index in [0.717, 1.165) is 68.5 Å². The Morgan fingerprint density at radius 1 is 1.14 bits per heavy atom. The average Bonchev–Trinajstić information content (AvgIpc) is 3.30. The molecular formula is C21H30IN5O. The molecule has 0 bridgehead atoms. The molecule has 0 saturated carbocycles. The molecule has 0 aliphatic heterocycles. The zero-order valence-corrected chi connectivity index (χ0v) is 19.0. The summed E-state index contributed by atoms with van der Waals surface area (Å²) in [6.07, 6.45) is 4.60. The molecule has 0 radical (unpaired) electrons. The van der Waals surface area contributed by atoms with Gasteiger partial charge in [0.1, 0.15) is 11.6 Å². The van der Waals surface area contributed by atoms with Crippen molar-refractivity contribution in [3.05, 3.63) is 54.2 Å². The molecule has 152 valence electrons. The fraction of sp³-hybridized carbons (Fsp3) is 0.429. The lowest BCUT2D eigenvalue weighted by Crippen LogP contribution is -2.39. The van der Waals surface area contributed by atoms with Crippen LogP contribution in [-0.2, 0) is 13.0 Å². The molecule has 0 aliphatic carbocycles. The molecule has 7 heteroatoms. The maximum absolute atomic E-state index is 5.37. The van der Waals surface area contributed by atoms with Crippen molar-refractivity contribution in [2.24, 2.45) is 4.99 Å². The summed E-state index contributed by atoms with van der Waals surface area (Å²) in [5.41, 5.74) is 2.26. The Kier molecular flexibility index (Phi) is 9.33. The van der Waals surface area contributed by atoms with Crippen LogP contribution in [0, 0.1) is 6.92 Å². The highest BCUT2D eigenvalue weighted by molar-refractivity contribution is 14.0. The molecule has 6 nitrogen and oxygen atoms in total. The molecule has 3 rings (SSSR count). The molecule has 2 heterocycles.